The fraction of sp³-hybridized carbons (Fsp3) is 1.00. The summed E-state index contributed by atoms with van der Waals surface area (Å²) in [6, 6.07) is 0. The highest BCUT2D eigenvalue weighted by molar-refractivity contribution is 5.00. The minimum Gasteiger partial charge on any atom is -0.316 e. The van der Waals surface area contributed by atoms with Crippen molar-refractivity contribution in [3.05, 3.63) is 0 Å². The summed E-state index contributed by atoms with van der Waals surface area (Å²) in [7, 11) is 2.28. The molecule has 98 valence electrons. The second-order valence-electron chi connectivity index (χ2n) is 6.80. The van der Waals surface area contributed by atoms with Crippen molar-refractivity contribution in [3.8, 4) is 0 Å². The molecule has 2 nitrogen and oxygen atoms in total. The van der Waals surface area contributed by atoms with E-state index in [2.05, 4.69) is 17.3 Å². The van der Waals surface area contributed by atoms with E-state index in [1.54, 1.807) is 0 Å². The van der Waals surface area contributed by atoms with Crippen LogP contribution in [0.15, 0.2) is 0 Å². The van der Waals surface area contributed by atoms with Crippen LogP contribution in [0.25, 0.3) is 0 Å². The van der Waals surface area contributed by atoms with Crippen molar-refractivity contribution in [2.24, 2.45) is 17.3 Å². The molecule has 3 rings (SSSR count). The predicted molar refractivity (Wildman–Crippen MR) is 72.1 cm³/mol. The zero-order chi connectivity index (χ0) is 11.7. The third-order valence-electron chi connectivity index (χ3n) is 5.83. The van der Waals surface area contributed by atoms with Gasteiger partial charge < -0.3 is 10.2 Å². The van der Waals surface area contributed by atoms with Crippen LogP contribution in [0.5, 0.6) is 0 Å². The second kappa shape index (κ2) is 4.89. The molecule has 1 spiro atoms. The van der Waals surface area contributed by atoms with Crippen molar-refractivity contribution in [2.75, 3.05) is 33.2 Å². The monoisotopic (exact) mass is 236 g/mol. The zero-order valence-corrected chi connectivity index (χ0v) is 11.4. The Morgan fingerprint density at radius 2 is 1.76 bits per heavy atom. The van der Waals surface area contributed by atoms with E-state index in [-0.39, 0.29) is 0 Å². The van der Waals surface area contributed by atoms with Crippen LogP contribution in [0.2, 0.25) is 0 Å². The molecular weight excluding hydrogens is 208 g/mol. The van der Waals surface area contributed by atoms with Gasteiger partial charge >= 0.3 is 0 Å². The van der Waals surface area contributed by atoms with Crippen LogP contribution in [0.3, 0.4) is 0 Å². The van der Waals surface area contributed by atoms with Gasteiger partial charge in [-0.25, -0.2) is 0 Å². The molecule has 1 saturated carbocycles. The van der Waals surface area contributed by atoms with E-state index in [0.717, 1.165) is 11.8 Å². The maximum absolute atomic E-state index is 3.73. The molecule has 2 heterocycles. The van der Waals surface area contributed by atoms with Crippen LogP contribution in [0.1, 0.15) is 44.9 Å². The minimum absolute atomic E-state index is 0.675. The molecule has 2 aliphatic heterocycles. The van der Waals surface area contributed by atoms with E-state index in [1.807, 2.05) is 0 Å². The number of likely N-dealkylation sites (tertiary alicyclic amines) is 1. The Labute approximate surface area is 106 Å². The molecule has 0 aromatic carbocycles. The van der Waals surface area contributed by atoms with Crippen molar-refractivity contribution in [2.45, 2.75) is 44.9 Å². The molecule has 1 aliphatic carbocycles. The lowest BCUT2D eigenvalue weighted by atomic mass is 9.63. The standard InChI is InChI=1S/C15H28N2/c1-17-9-7-15(8-10-17)12-16-11-14(15)13-5-3-2-4-6-13/h13-14,16H,2-12H2,1H3. The Kier molecular flexibility index (Phi) is 3.45. The summed E-state index contributed by atoms with van der Waals surface area (Å²) in [5.74, 6) is 2.04. The molecule has 3 aliphatic rings. The first-order chi connectivity index (χ1) is 8.30. The van der Waals surface area contributed by atoms with Crippen molar-refractivity contribution < 1.29 is 0 Å². The summed E-state index contributed by atoms with van der Waals surface area (Å²) in [5, 5.41) is 3.73. The summed E-state index contributed by atoms with van der Waals surface area (Å²) in [6.07, 6.45) is 10.4. The molecule has 1 unspecified atom stereocenters. The van der Waals surface area contributed by atoms with Gasteiger partial charge in [0.2, 0.25) is 0 Å². The number of nitrogens with one attached hydrogen (secondary N) is 1. The smallest absolute Gasteiger partial charge is 0.00121 e. The highest BCUT2D eigenvalue weighted by atomic mass is 15.1. The summed E-state index contributed by atoms with van der Waals surface area (Å²) < 4.78 is 0. The first kappa shape index (κ1) is 12.0. The van der Waals surface area contributed by atoms with Crippen molar-refractivity contribution in [3.63, 3.8) is 0 Å². The molecule has 1 N–H and O–H groups in total. The number of rotatable bonds is 1. The number of piperidine rings is 1. The van der Waals surface area contributed by atoms with Crippen LogP contribution in [-0.4, -0.2) is 38.1 Å². The van der Waals surface area contributed by atoms with Crippen molar-refractivity contribution >= 4 is 0 Å². The topological polar surface area (TPSA) is 15.3 Å². The fourth-order valence-corrected chi connectivity index (χ4v) is 4.64. The molecule has 0 aromatic heterocycles. The molecular formula is C15H28N2. The van der Waals surface area contributed by atoms with E-state index >= 15 is 0 Å². The third-order valence-corrected chi connectivity index (χ3v) is 5.83. The van der Waals surface area contributed by atoms with Gasteiger partial charge in [-0.3, -0.25) is 0 Å². The molecule has 0 amide bonds. The quantitative estimate of drug-likeness (QED) is 0.752. The first-order valence-electron chi connectivity index (χ1n) is 7.69. The molecule has 0 radical (unpaired) electrons. The van der Waals surface area contributed by atoms with Crippen LogP contribution in [0, 0.1) is 17.3 Å². The summed E-state index contributed by atoms with van der Waals surface area (Å²) in [4.78, 5) is 2.52. The fourth-order valence-electron chi connectivity index (χ4n) is 4.64. The summed E-state index contributed by atoms with van der Waals surface area (Å²) >= 11 is 0. The van der Waals surface area contributed by atoms with E-state index in [1.165, 1.54) is 71.1 Å². The van der Waals surface area contributed by atoms with Gasteiger partial charge in [0.05, 0.1) is 0 Å². The van der Waals surface area contributed by atoms with Gasteiger partial charge in [0.25, 0.3) is 0 Å². The Balaban J connectivity index is 1.70. The molecule has 0 bridgehead atoms. The van der Waals surface area contributed by atoms with Gasteiger partial charge in [-0.2, -0.15) is 0 Å². The Morgan fingerprint density at radius 3 is 2.47 bits per heavy atom. The lowest BCUT2D eigenvalue weighted by molar-refractivity contribution is 0.0546. The lowest BCUT2D eigenvalue weighted by Gasteiger charge is -2.45. The molecule has 2 saturated heterocycles. The van der Waals surface area contributed by atoms with Crippen LogP contribution >= 0.6 is 0 Å². The Hall–Kier alpha value is -0.0800. The SMILES string of the molecule is CN1CCC2(CC1)CNCC2C1CCCCC1. The van der Waals surface area contributed by atoms with E-state index in [0.29, 0.717) is 5.41 Å². The highest BCUT2D eigenvalue weighted by Gasteiger charge is 2.47. The van der Waals surface area contributed by atoms with Gasteiger partial charge in [0, 0.05) is 6.54 Å². The second-order valence-corrected chi connectivity index (χ2v) is 6.80. The largest absolute Gasteiger partial charge is 0.316 e. The van der Waals surface area contributed by atoms with Crippen molar-refractivity contribution in [1.29, 1.82) is 0 Å². The van der Waals surface area contributed by atoms with E-state index in [4.69, 9.17) is 0 Å². The maximum Gasteiger partial charge on any atom is 0.00121 e. The zero-order valence-electron chi connectivity index (χ0n) is 11.4. The van der Waals surface area contributed by atoms with E-state index < -0.39 is 0 Å². The van der Waals surface area contributed by atoms with Gasteiger partial charge in [-0.05, 0) is 56.8 Å². The number of nitrogens with zero attached hydrogens (tertiary/aromatic N) is 1. The first-order valence-corrected chi connectivity index (χ1v) is 7.69. The lowest BCUT2D eigenvalue weighted by Crippen LogP contribution is -2.44. The number of hydrogen-bond donors (Lipinski definition) is 1. The van der Waals surface area contributed by atoms with Crippen LogP contribution in [0.4, 0.5) is 0 Å². The molecule has 3 fully saturated rings. The third kappa shape index (κ3) is 2.26. The maximum atomic E-state index is 3.73. The number of hydrogen-bond acceptors (Lipinski definition) is 2. The normalized spacial score (nSPS) is 35.5. The van der Waals surface area contributed by atoms with Gasteiger partial charge in [-0.15, -0.1) is 0 Å². The Morgan fingerprint density at radius 1 is 1.06 bits per heavy atom. The summed E-state index contributed by atoms with van der Waals surface area (Å²) in [6.45, 7) is 5.27. The van der Waals surface area contributed by atoms with Crippen LogP contribution in [-0.2, 0) is 0 Å². The minimum atomic E-state index is 0.675. The van der Waals surface area contributed by atoms with Gasteiger partial charge in [0.1, 0.15) is 0 Å². The van der Waals surface area contributed by atoms with Crippen molar-refractivity contribution in [1.82, 2.24) is 10.2 Å². The highest BCUT2D eigenvalue weighted by Crippen LogP contribution is 2.48. The molecule has 1 atom stereocenters. The average Bonchev–Trinajstić information content (AvgIpc) is 2.78. The summed E-state index contributed by atoms with van der Waals surface area (Å²) in [5.41, 5.74) is 0.675. The van der Waals surface area contributed by atoms with E-state index in [9.17, 15) is 0 Å². The van der Waals surface area contributed by atoms with Gasteiger partial charge in [0.15, 0.2) is 0 Å². The molecule has 0 aromatic rings. The average molecular weight is 236 g/mol. The molecule has 17 heavy (non-hydrogen) atoms. The Bertz CT molecular complexity index is 250. The van der Waals surface area contributed by atoms with Gasteiger partial charge in [-0.1, -0.05) is 32.1 Å². The predicted octanol–water partition coefficient (Wildman–Crippen LogP) is 2.50. The molecule has 2 heteroatoms. The van der Waals surface area contributed by atoms with Crippen LogP contribution < -0.4 is 5.32 Å².